The average molecular weight is 980 g/mol. The molecule has 6 aromatic rings. The lowest BCUT2D eigenvalue weighted by Gasteiger charge is -2.48. The molecule has 6 atom stereocenters. The van der Waals surface area contributed by atoms with Crippen molar-refractivity contribution in [1.29, 1.82) is 0 Å². The number of hydrogen-bond donors (Lipinski definition) is 0. The first kappa shape index (κ1) is 46.1. The summed E-state index contributed by atoms with van der Waals surface area (Å²) in [4.78, 5) is 0. The van der Waals surface area contributed by atoms with Crippen molar-refractivity contribution in [3.05, 3.63) is 179 Å². The molecule has 0 saturated heterocycles. The van der Waals surface area contributed by atoms with Crippen LogP contribution in [0.5, 0.6) is 0 Å². The molecule has 6 aliphatic rings. The van der Waals surface area contributed by atoms with Gasteiger partial charge in [0.15, 0.2) is 0 Å². The van der Waals surface area contributed by atoms with Gasteiger partial charge in [0.1, 0.15) is 0 Å². The van der Waals surface area contributed by atoms with Crippen molar-refractivity contribution >= 4 is 81.0 Å². The van der Waals surface area contributed by atoms with E-state index < -0.39 is 49.9 Å². The van der Waals surface area contributed by atoms with Gasteiger partial charge in [-0.2, -0.15) is 0 Å². The molecule has 0 aliphatic carbocycles. The average Bonchev–Trinajstić information content (AvgIpc) is 3.29. The van der Waals surface area contributed by atoms with Gasteiger partial charge in [0.05, 0.1) is 36.6 Å². The van der Waals surface area contributed by atoms with Crippen LogP contribution in [0.3, 0.4) is 0 Å². The molecule has 6 heterocycles. The number of hydrogen-bond acceptors (Lipinski definition) is 6. The monoisotopic (exact) mass is 978 g/mol. The maximum absolute atomic E-state index is 6.66. The van der Waals surface area contributed by atoms with Gasteiger partial charge in [-0.1, -0.05) is 146 Å². The van der Waals surface area contributed by atoms with Crippen LogP contribution in [-0.2, 0) is 26.6 Å². The molecule has 0 radical (unpaired) electrons. The lowest BCUT2D eigenvalue weighted by Crippen LogP contribution is -2.60. The minimum atomic E-state index is -1.90. The van der Waals surface area contributed by atoms with E-state index in [4.69, 9.17) is 26.6 Å². The predicted molar refractivity (Wildman–Crippen MR) is 284 cm³/mol. The minimum Gasteiger partial charge on any atom is -0.403 e. The van der Waals surface area contributed by atoms with E-state index >= 15 is 0 Å². The van der Waals surface area contributed by atoms with E-state index in [9.17, 15) is 0 Å². The van der Waals surface area contributed by atoms with Crippen LogP contribution >= 0.6 is 0 Å². The zero-order valence-electron chi connectivity index (χ0n) is 40.8. The van der Waals surface area contributed by atoms with Crippen LogP contribution in [0.2, 0.25) is 78.6 Å². The van der Waals surface area contributed by atoms with E-state index in [0.29, 0.717) is 0 Å². The molecular weight excluding hydrogens is 913 g/mol. The summed E-state index contributed by atoms with van der Waals surface area (Å²) < 4.78 is 40.0. The molecule has 6 aliphatic heterocycles. The highest BCUT2D eigenvalue weighted by Gasteiger charge is 2.53. The first-order chi connectivity index (χ1) is 31.2. The SMILES string of the molecule is C[Si]1(C)O[C@@H]2c3ccccc3[Si](C)(C)O[C@@H]2c2ccccc21.C[Si]1(C)O[C@@H]2c3ccccc3[Si](C)(C)O[C@@H]2c2ccccc21.C[Si]1(C)O[C@@H]2c3ccccc3[Si](C)(C)O[C@@H]2c2ccccc21. The summed E-state index contributed by atoms with van der Waals surface area (Å²) in [6, 6.07) is 52.3. The minimum absolute atomic E-state index is 0.0493. The Bertz CT molecular complexity index is 2330. The Kier molecular flexibility index (Phi) is 11.5. The van der Waals surface area contributed by atoms with Gasteiger partial charge < -0.3 is 26.6 Å². The highest BCUT2D eigenvalue weighted by molar-refractivity contribution is 6.88. The molecule has 0 spiro atoms. The first-order valence-corrected chi connectivity index (χ1v) is 41.3. The summed E-state index contributed by atoms with van der Waals surface area (Å²) >= 11 is 0. The van der Waals surface area contributed by atoms with Gasteiger partial charge in [-0.15, -0.1) is 0 Å². The summed E-state index contributed by atoms with van der Waals surface area (Å²) in [6.45, 7) is 27.5. The molecule has 342 valence electrons. The van der Waals surface area contributed by atoms with Crippen molar-refractivity contribution in [3.8, 4) is 0 Å². The third-order valence-electron chi connectivity index (χ3n) is 14.9. The molecule has 0 unspecified atom stereocenters. The van der Waals surface area contributed by atoms with Crippen LogP contribution in [-0.4, -0.2) is 49.9 Å². The van der Waals surface area contributed by atoms with Crippen molar-refractivity contribution in [2.45, 2.75) is 115 Å². The number of benzene rings is 6. The summed E-state index contributed by atoms with van der Waals surface area (Å²) in [7, 11) is -11.4. The normalized spacial score (nSPS) is 27.5. The summed E-state index contributed by atoms with van der Waals surface area (Å²) in [6.07, 6.45) is 0.296. The maximum atomic E-state index is 6.66. The Hall–Kier alpha value is -3.62. The van der Waals surface area contributed by atoms with Crippen LogP contribution in [0, 0.1) is 0 Å². The van der Waals surface area contributed by atoms with Gasteiger partial charge in [0.25, 0.3) is 0 Å². The van der Waals surface area contributed by atoms with Gasteiger partial charge in [-0.3, -0.25) is 0 Å². The molecule has 12 rings (SSSR count). The van der Waals surface area contributed by atoms with Crippen molar-refractivity contribution in [1.82, 2.24) is 0 Å². The Morgan fingerprint density at radius 2 is 0.333 bits per heavy atom. The third-order valence-corrected chi connectivity index (χ3v) is 30.4. The Morgan fingerprint density at radius 3 is 0.470 bits per heavy atom. The lowest BCUT2D eigenvalue weighted by atomic mass is 9.98. The molecular formula is C54H66O6Si6. The second-order valence-electron chi connectivity index (χ2n) is 21.8. The third kappa shape index (κ3) is 7.88. The first-order valence-electron chi connectivity index (χ1n) is 23.8. The summed E-state index contributed by atoms with van der Waals surface area (Å²) in [5.41, 5.74) is 8.11. The predicted octanol–water partition coefficient (Wildman–Crippen LogP) is 10.1. The van der Waals surface area contributed by atoms with Gasteiger partial charge in [-0.25, -0.2) is 0 Å². The van der Waals surface area contributed by atoms with Gasteiger partial charge in [0, 0.05) is 0 Å². The fourth-order valence-electron chi connectivity index (χ4n) is 11.8. The highest BCUT2D eigenvalue weighted by Crippen LogP contribution is 2.48. The van der Waals surface area contributed by atoms with Crippen molar-refractivity contribution in [2.24, 2.45) is 0 Å². The van der Waals surface area contributed by atoms with Gasteiger partial charge >= 0.3 is 0 Å². The number of rotatable bonds is 0. The largest absolute Gasteiger partial charge is 0.403 e. The quantitative estimate of drug-likeness (QED) is 0.141. The molecule has 0 amide bonds. The van der Waals surface area contributed by atoms with Crippen LogP contribution < -0.4 is 31.1 Å². The van der Waals surface area contributed by atoms with E-state index in [1.807, 2.05) is 0 Å². The Labute approximate surface area is 399 Å². The maximum Gasteiger partial charge on any atom is 0.219 e. The zero-order chi connectivity index (χ0) is 46.6. The topological polar surface area (TPSA) is 55.4 Å². The second kappa shape index (κ2) is 16.5. The molecule has 0 fully saturated rings. The molecule has 0 saturated carbocycles. The van der Waals surface area contributed by atoms with Crippen LogP contribution in [0.25, 0.3) is 0 Å². The molecule has 0 aromatic heterocycles. The van der Waals surface area contributed by atoms with E-state index in [0.717, 1.165) is 0 Å². The molecule has 0 bridgehead atoms. The van der Waals surface area contributed by atoms with Crippen LogP contribution in [0.4, 0.5) is 0 Å². The van der Waals surface area contributed by atoms with Crippen LogP contribution in [0.1, 0.15) is 70.0 Å². The molecule has 66 heavy (non-hydrogen) atoms. The summed E-state index contributed by atoms with van der Waals surface area (Å²) in [5, 5.41) is 8.34. The number of fused-ring (bicyclic) bond motifs is 15. The highest BCUT2D eigenvalue weighted by atomic mass is 28.4. The zero-order valence-corrected chi connectivity index (χ0v) is 46.8. The fraction of sp³-hybridized carbons (Fsp3) is 0.333. The Balaban J connectivity index is 0.000000116. The van der Waals surface area contributed by atoms with E-state index in [1.54, 1.807) is 0 Å². The van der Waals surface area contributed by atoms with Crippen molar-refractivity contribution in [2.75, 3.05) is 0 Å². The van der Waals surface area contributed by atoms with E-state index in [2.05, 4.69) is 224 Å². The summed E-state index contributed by atoms with van der Waals surface area (Å²) in [5.74, 6) is 0. The fourth-order valence-corrected chi connectivity index (χ4v) is 26.4. The molecule has 6 aromatic carbocycles. The van der Waals surface area contributed by atoms with Crippen LogP contribution in [0.15, 0.2) is 146 Å². The second-order valence-corrected chi connectivity index (χ2v) is 44.6. The van der Waals surface area contributed by atoms with Crippen molar-refractivity contribution < 1.29 is 26.6 Å². The molecule has 6 nitrogen and oxygen atoms in total. The molecule has 12 heteroatoms. The Morgan fingerprint density at radius 1 is 0.212 bits per heavy atom. The van der Waals surface area contributed by atoms with E-state index in [-0.39, 0.29) is 36.6 Å². The van der Waals surface area contributed by atoms with Gasteiger partial charge in [0.2, 0.25) is 49.9 Å². The van der Waals surface area contributed by atoms with E-state index in [1.165, 1.54) is 64.5 Å². The van der Waals surface area contributed by atoms with Crippen molar-refractivity contribution in [3.63, 3.8) is 0 Å². The molecule has 0 N–H and O–H groups in total. The smallest absolute Gasteiger partial charge is 0.219 e. The lowest BCUT2D eigenvalue weighted by molar-refractivity contribution is 0.0323. The van der Waals surface area contributed by atoms with Gasteiger partial charge in [-0.05, 0) is 143 Å². The standard InChI is InChI=1S/3C18H22O2Si2/c3*1-21(2)15-11-7-5-9-13(15)18-17(19-21)14-10-6-8-12-16(14)22(3,4)20-18/h3*5-12,17-18H,1-4H3/t3*17-,18-/m111/s1.